The molecule has 1 aromatic carbocycles. The monoisotopic (exact) mass is 416 g/mol. The van der Waals surface area contributed by atoms with E-state index >= 15 is 0 Å². The molecule has 3 rings (SSSR count). The molecule has 1 N–H and O–H groups in total. The number of carbonyl (C=O) groups excluding carboxylic acids is 2. The van der Waals surface area contributed by atoms with E-state index in [0.717, 1.165) is 5.56 Å². The smallest absolute Gasteiger partial charge is 0.256 e. The fourth-order valence-corrected chi connectivity index (χ4v) is 3.86. The SMILES string of the molecule is CC(C)N(C)C(=O)c1ccc(CNC(=O)C2=CC=CN3CCS(=O)(=O)N=C23)cc1. The first-order chi connectivity index (χ1) is 13.7. The van der Waals surface area contributed by atoms with Crippen LogP contribution < -0.4 is 5.32 Å². The largest absolute Gasteiger partial charge is 0.348 e. The number of carbonyl (C=O) groups is 2. The Balaban J connectivity index is 1.66. The Hall–Kier alpha value is -2.94. The van der Waals surface area contributed by atoms with Crippen molar-refractivity contribution < 1.29 is 18.0 Å². The summed E-state index contributed by atoms with van der Waals surface area (Å²) < 4.78 is 27.4. The van der Waals surface area contributed by atoms with Crippen molar-refractivity contribution in [3.63, 3.8) is 0 Å². The molecule has 0 atom stereocenters. The van der Waals surface area contributed by atoms with Gasteiger partial charge in [0.2, 0.25) is 0 Å². The molecule has 0 radical (unpaired) electrons. The molecule has 2 heterocycles. The van der Waals surface area contributed by atoms with Crippen LogP contribution in [-0.4, -0.2) is 61.3 Å². The first-order valence-electron chi connectivity index (χ1n) is 9.30. The molecule has 0 bridgehead atoms. The van der Waals surface area contributed by atoms with Crippen LogP contribution in [0.5, 0.6) is 0 Å². The van der Waals surface area contributed by atoms with E-state index in [2.05, 4.69) is 9.71 Å². The van der Waals surface area contributed by atoms with Gasteiger partial charge in [-0.1, -0.05) is 12.1 Å². The number of nitrogens with one attached hydrogen (secondary N) is 1. The summed E-state index contributed by atoms with van der Waals surface area (Å²) in [6, 6.07) is 7.12. The number of benzene rings is 1. The molecule has 8 nitrogen and oxygen atoms in total. The van der Waals surface area contributed by atoms with E-state index < -0.39 is 15.9 Å². The number of amidine groups is 1. The van der Waals surface area contributed by atoms with Crippen LogP contribution in [0.4, 0.5) is 0 Å². The summed E-state index contributed by atoms with van der Waals surface area (Å²) in [6.45, 7) is 4.40. The van der Waals surface area contributed by atoms with E-state index in [1.54, 1.807) is 59.5 Å². The standard InChI is InChI=1S/C20H24N4O4S/c1-14(2)23(3)20(26)16-8-6-15(7-9-16)13-21-19(25)17-5-4-10-24-11-12-29(27,28)22-18(17)24/h4-10,14H,11-13H2,1-3H3,(H,21,25). The van der Waals surface area contributed by atoms with Gasteiger partial charge >= 0.3 is 0 Å². The summed E-state index contributed by atoms with van der Waals surface area (Å²) >= 11 is 0. The second-order valence-electron chi connectivity index (χ2n) is 7.21. The third-order valence-electron chi connectivity index (χ3n) is 4.85. The lowest BCUT2D eigenvalue weighted by Gasteiger charge is -2.28. The van der Waals surface area contributed by atoms with E-state index in [0.29, 0.717) is 5.56 Å². The zero-order chi connectivity index (χ0) is 21.2. The number of hydrogen-bond donors (Lipinski definition) is 1. The van der Waals surface area contributed by atoms with Gasteiger partial charge in [-0.05, 0) is 43.7 Å². The van der Waals surface area contributed by atoms with Crippen LogP contribution in [0.3, 0.4) is 0 Å². The molecule has 0 spiro atoms. The minimum absolute atomic E-state index is 0.0636. The number of fused-ring (bicyclic) bond motifs is 1. The van der Waals surface area contributed by atoms with Gasteiger partial charge in [-0.2, -0.15) is 0 Å². The Kier molecular flexibility index (Phi) is 5.88. The summed E-state index contributed by atoms with van der Waals surface area (Å²) in [5.74, 6) is -0.401. The van der Waals surface area contributed by atoms with Crippen molar-refractivity contribution in [3.05, 3.63) is 59.3 Å². The molecule has 0 fully saturated rings. The van der Waals surface area contributed by atoms with Crippen molar-refractivity contribution in [2.75, 3.05) is 19.3 Å². The molecule has 0 saturated heterocycles. The zero-order valence-corrected chi connectivity index (χ0v) is 17.4. The van der Waals surface area contributed by atoms with E-state index in [4.69, 9.17) is 0 Å². The van der Waals surface area contributed by atoms with Crippen molar-refractivity contribution in [3.8, 4) is 0 Å². The quantitative estimate of drug-likeness (QED) is 0.780. The molecule has 0 saturated carbocycles. The highest BCUT2D eigenvalue weighted by Crippen LogP contribution is 2.18. The predicted octanol–water partition coefficient (Wildman–Crippen LogP) is 1.28. The number of amides is 2. The van der Waals surface area contributed by atoms with Gasteiger partial charge in [-0.25, -0.2) is 8.42 Å². The van der Waals surface area contributed by atoms with Crippen LogP contribution in [0.1, 0.15) is 29.8 Å². The van der Waals surface area contributed by atoms with E-state index in [1.807, 2.05) is 13.8 Å². The zero-order valence-electron chi connectivity index (χ0n) is 16.6. The maximum atomic E-state index is 12.6. The van der Waals surface area contributed by atoms with Crippen LogP contribution in [0.15, 0.2) is 52.6 Å². The highest BCUT2D eigenvalue weighted by atomic mass is 32.2. The third kappa shape index (κ3) is 4.73. The van der Waals surface area contributed by atoms with E-state index in [1.165, 1.54) is 0 Å². The van der Waals surface area contributed by atoms with Gasteiger partial charge in [-0.15, -0.1) is 4.40 Å². The first kappa shape index (κ1) is 20.8. The lowest BCUT2D eigenvalue weighted by atomic mass is 10.1. The summed E-state index contributed by atoms with van der Waals surface area (Å²) in [5, 5.41) is 2.78. The number of hydrogen-bond acceptors (Lipinski definition) is 5. The predicted molar refractivity (Wildman–Crippen MR) is 111 cm³/mol. The molecule has 2 aliphatic heterocycles. The summed E-state index contributed by atoms with van der Waals surface area (Å²) in [4.78, 5) is 28.2. The Bertz CT molecular complexity index is 1010. The lowest BCUT2D eigenvalue weighted by Crippen LogP contribution is -2.42. The molecule has 0 unspecified atom stereocenters. The topological polar surface area (TPSA) is 99.1 Å². The van der Waals surface area contributed by atoms with Gasteiger partial charge in [0.1, 0.15) is 0 Å². The normalized spacial score (nSPS) is 17.3. The maximum Gasteiger partial charge on any atom is 0.256 e. The molecule has 154 valence electrons. The lowest BCUT2D eigenvalue weighted by molar-refractivity contribution is -0.117. The van der Waals surface area contributed by atoms with Crippen LogP contribution in [0.25, 0.3) is 0 Å². The summed E-state index contributed by atoms with van der Waals surface area (Å²) in [5.41, 5.74) is 1.61. The fourth-order valence-electron chi connectivity index (χ4n) is 2.87. The Labute approximate surface area is 170 Å². The van der Waals surface area contributed by atoms with Crippen molar-refractivity contribution in [1.82, 2.24) is 15.1 Å². The average molecular weight is 417 g/mol. The molecular formula is C20H24N4O4S. The van der Waals surface area contributed by atoms with Crippen LogP contribution in [0.2, 0.25) is 0 Å². The highest BCUT2D eigenvalue weighted by molar-refractivity contribution is 7.90. The van der Waals surface area contributed by atoms with Crippen molar-refractivity contribution in [2.45, 2.75) is 26.4 Å². The summed E-state index contributed by atoms with van der Waals surface area (Å²) in [7, 11) is -1.80. The number of nitrogens with zero attached hydrogens (tertiary/aromatic N) is 3. The Morgan fingerprint density at radius 1 is 1.24 bits per heavy atom. The molecule has 1 aromatic rings. The van der Waals surface area contributed by atoms with Gasteiger partial charge in [-0.3, -0.25) is 9.59 Å². The van der Waals surface area contributed by atoms with Gasteiger partial charge < -0.3 is 15.1 Å². The second-order valence-corrected chi connectivity index (χ2v) is 8.96. The molecule has 2 amide bonds. The number of allylic oxidation sites excluding steroid dienone is 2. The van der Waals surface area contributed by atoms with Crippen LogP contribution in [-0.2, 0) is 21.4 Å². The van der Waals surface area contributed by atoms with Crippen LogP contribution >= 0.6 is 0 Å². The Morgan fingerprint density at radius 3 is 2.59 bits per heavy atom. The minimum Gasteiger partial charge on any atom is -0.348 e. The van der Waals surface area contributed by atoms with Gasteiger partial charge in [0.25, 0.3) is 21.8 Å². The molecule has 2 aliphatic rings. The minimum atomic E-state index is -3.56. The van der Waals surface area contributed by atoms with E-state index in [-0.39, 0.29) is 42.2 Å². The fraction of sp³-hybridized carbons (Fsp3) is 0.350. The number of rotatable bonds is 5. The molecule has 29 heavy (non-hydrogen) atoms. The second kappa shape index (κ2) is 8.20. The Morgan fingerprint density at radius 2 is 1.93 bits per heavy atom. The van der Waals surface area contributed by atoms with Crippen molar-refractivity contribution in [2.24, 2.45) is 4.40 Å². The third-order valence-corrected chi connectivity index (χ3v) is 6.00. The van der Waals surface area contributed by atoms with Gasteiger partial charge in [0.15, 0.2) is 5.84 Å². The average Bonchev–Trinajstić information content (AvgIpc) is 2.70. The molecule has 0 aromatic heterocycles. The molecule has 9 heteroatoms. The van der Waals surface area contributed by atoms with Crippen molar-refractivity contribution >= 4 is 27.7 Å². The van der Waals surface area contributed by atoms with Crippen LogP contribution in [0, 0.1) is 0 Å². The molecular weight excluding hydrogens is 392 g/mol. The van der Waals surface area contributed by atoms with Gasteiger partial charge in [0, 0.05) is 37.9 Å². The maximum absolute atomic E-state index is 12.6. The highest BCUT2D eigenvalue weighted by Gasteiger charge is 2.29. The molecule has 0 aliphatic carbocycles. The summed E-state index contributed by atoms with van der Waals surface area (Å²) in [6.07, 6.45) is 4.95. The number of sulfonamides is 1. The van der Waals surface area contributed by atoms with E-state index in [9.17, 15) is 18.0 Å². The van der Waals surface area contributed by atoms with Gasteiger partial charge in [0.05, 0.1) is 11.3 Å². The van der Waals surface area contributed by atoms with Crippen molar-refractivity contribution in [1.29, 1.82) is 0 Å². The first-order valence-corrected chi connectivity index (χ1v) is 10.9.